The first-order valence-corrected chi connectivity index (χ1v) is 10.5. The van der Waals surface area contributed by atoms with Crippen LogP contribution in [0.3, 0.4) is 0 Å². The summed E-state index contributed by atoms with van der Waals surface area (Å²) in [5, 5.41) is 4.66. The molecule has 0 saturated carbocycles. The van der Waals surface area contributed by atoms with Crippen LogP contribution in [0.2, 0.25) is 0 Å². The predicted molar refractivity (Wildman–Crippen MR) is 117 cm³/mol. The van der Waals surface area contributed by atoms with Gasteiger partial charge in [0.25, 0.3) is 5.91 Å². The fourth-order valence-electron chi connectivity index (χ4n) is 4.48. The second-order valence-corrected chi connectivity index (χ2v) is 8.18. The van der Waals surface area contributed by atoms with E-state index in [0.29, 0.717) is 47.5 Å². The molecule has 3 aliphatic rings. The molecule has 0 bridgehead atoms. The number of nitrogens with zero attached hydrogens (tertiary/aromatic N) is 1. The highest BCUT2D eigenvalue weighted by Crippen LogP contribution is 2.51. The van der Waals surface area contributed by atoms with E-state index in [4.69, 9.17) is 23.7 Å². The lowest BCUT2D eigenvalue weighted by Crippen LogP contribution is -2.20. The van der Waals surface area contributed by atoms with E-state index in [-0.39, 0.29) is 19.5 Å². The third kappa shape index (κ3) is 2.83. The highest BCUT2D eigenvalue weighted by molar-refractivity contribution is 6.15. The molecule has 0 aliphatic carbocycles. The maximum Gasteiger partial charge on any atom is 0.255 e. The maximum atomic E-state index is 12.9. The molecule has 0 fully saturated rings. The van der Waals surface area contributed by atoms with Crippen LogP contribution in [0, 0.1) is 0 Å². The van der Waals surface area contributed by atoms with E-state index < -0.39 is 0 Å². The van der Waals surface area contributed by atoms with Gasteiger partial charge in [-0.25, -0.2) is 0 Å². The van der Waals surface area contributed by atoms with E-state index in [2.05, 4.69) is 5.32 Å². The summed E-state index contributed by atoms with van der Waals surface area (Å²) >= 11 is 0. The lowest BCUT2D eigenvalue weighted by atomic mass is 9.89. The first kappa shape index (κ1) is 19.1. The van der Waals surface area contributed by atoms with Gasteiger partial charge in [-0.2, -0.15) is 0 Å². The highest BCUT2D eigenvalue weighted by atomic mass is 16.7. The van der Waals surface area contributed by atoms with Crippen molar-refractivity contribution in [3.63, 3.8) is 0 Å². The molecule has 8 heteroatoms. The number of rotatable bonds is 5. The predicted octanol–water partition coefficient (Wildman–Crippen LogP) is 3.15. The molecule has 3 heterocycles. The zero-order valence-electron chi connectivity index (χ0n) is 17.8. The Bertz CT molecular complexity index is 1270. The van der Waals surface area contributed by atoms with Crippen LogP contribution < -0.4 is 29.0 Å². The molecule has 3 aliphatic heterocycles. The van der Waals surface area contributed by atoms with Crippen molar-refractivity contribution in [2.45, 2.75) is 6.54 Å². The summed E-state index contributed by atoms with van der Waals surface area (Å²) in [4.78, 5) is 15.0. The fraction of sp³-hybridized carbons (Fsp3) is 0.292. The van der Waals surface area contributed by atoms with Gasteiger partial charge < -0.3 is 33.9 Å². The summed E-state index contributed by atoms with van der Waals surface area (Å²) in [6.07, 6.45) is 0. The molecule has 32 heavy (non-hydrogen) atoms. The minimum absolute atomic E-state index is 0.138. The zero-order chi connectivity index (χ0) is 21.8. The van der Waals surface area contributed by atoms with Crippen LogP contribution in [-0.4, -0.2) is 51.6 Å². The number of carbonyl (C=O) groups is 1. The van der Waals surface area contributed by atoms with Crippen molar-refractivity contribution in [3.05, 3.63) is 41.5 Å². The largest absolute Gasteiger partial charge is 0.491 e. The second kappa shape index (κ2) is 7.20. The molecule has 0 aromatic heterocycles. The third-order valence-electron chi connectivity index (χ3n) is 5.96. The number of ether oxygens (including phenoxy) is 5. The van der Waals surface area contributed by atoms with Gasteiger partial charge in [0.2, 0.25) is 13.6 Å². The van der Waals surface area contributed by atoms with Crippen molar-refractivity contribution in [1.82, 2.24) is 10.2 Å². The number of benzene rings is 3. The number of likely N-dealkylation sites (N-methyl/N-ethyl adjacent to an activating group) is 1. The number of carbonyl (C=O) groups excluding carboxylic acids is 1. The van der Waals surface area contributed by atoms with Crippen LogP contribution in [0.5, 0.6) is 28.7 Å². The van der Waals surface area contributed by atoms with Gasteiger partial charge in [0, 0.05) is 23.9 Å². The number of nitrogens with one attached hydrogen (secondary N) is 1. The Balaban J connectivity index is 1.64. The summed E-state index contributed by atoms with van der Waals surface area (Å²) in [7, 11) is 3.97. The van der Waals surface area contributed by atoms with Gasteiger partial charge in [-0.3, -0.25) is 4.79 Å². The number of amides is 1. The molecule has 0 radical (unpaired) electrons. The van der Waals surface area contributed by atoms with Crippen molar-refractivity contribution in [2.24, 2.45) is 0 Å². The van der Waals surface area contributed by atoms with Crippen LogP contribution in [0.1, 0.15) is 15.9 Å². The average Bonchev–Trinajstić information content (AvgIpc) is 3.52. The van der Waals surface area contributed by atoms with Crippen LogP contribution in [0.25, 0.3) is 21.9 Å². The first-order chi connectivity index (χ1) is 15.6. The van der Waals surface area contributed by atoms with Crippen molar-refractivity contribution < 1.29 is 28.5 Å². The Labute approximate surface area is 184 Å². The molecule has 0 spiro atoms. The van der Waals surface area contributed by atoms with Crippen molar-refractivity contribution in [2.75, 3.05) is 40.8 Å². The summed E-state index contributed by atoms with van der Waals surface area (Å²) in [5.74, 6) is 3.16. The first-order valence-electron chi connectivity index (χ1n) is 10.5. The normalized spacial score (nSPS) is 15.4. The van der Waals surface area contributed by atoms with E-state index in [1.807, 2.05) is 49.3 Å². The van der Waals surface area contributed by atoms with Crippen molar-refractivity contribution >= 4 is 16.7 Å². The van der Waals surface area contributed by atoms with Gasteiger partial charge in [0.1, 0.15) is 12.4 Å². The standard InChI is InChI=1S/C24H22N2O6/c1-26(2)7-8-28-22-14-4-6-17-23(32-12-30-17)20(14)19(15-10-25-24(27)21(15)22)13-3-5-16-18(9-13)31-11-29-16/h3-6,9H,7-8,10-12H2,1-2H3,(H,25,27). The monoisotopic (exact) mass is 434 g/mol. The molecule has 3 aromatic carbocycles. The molecule has 0 unspecified atom stereocenters. The Morgan fingerprint density at radius 1 is 0.969 bits per heavy atom. The summed E-state index contributed by atoms with van der Waals surface area (Å²) in [6.45, 7) is 1.94. The summed E-state index contributed by atoms with van der Waals surface area (Å²) in [5.41, 5.74) is 3.28. The SMILES string of the molecule is CN(C)CCOc1c2c(c(-c3ccc4c(c3)OCO4)c3c4c(ccc13)OCO4)CNC2=O. The van der Waals surface area contributed by atoms with Gasteiger partial charge in [-0.15, -0.1) is 0 Å². The molecule has 164 valence electrons. The van der Waals surface area contributed by atoms with Crippen LogP contribution in [0.4, 0.5) is 0 Å². The van der Waals surface area contributed by atoms with E-state index in [1.54, 1.807) is 0 Å². The minimum Gasteiger partial charge on any atom is -0.491 e. The van der Waals surface area contributed by atoms with Crippen molar-refractivity contribution in [1.29, 1.82) is 0 Å². The van der Waals surface area contributed by atoms with Crippen molar-refractivity contribution in [3.8, 4) is 39.9 Å². The average molecular weight is 434 g/mol. The number of hydrogen-bond donors (Lipinski definition) is 1. The van der Waals surface area contributed by atoms with E-state index in [1.165, 1.54) is 0 Å². The molecular formula is C24H22N2O6. The summed E-state index contributed by atoms with van der Waals surface area (Å²) in [6, 6.07) is 9.62. The van der Waals surface area contributed by atoms with Gasteiger partial charge >= 0.3 is 0 Å². The molecular weight excluding hydrogens is 412 g/mol. The van der Waals surface area contributed by atoms with Crippen LogP contribution in [-0.2, 0) is 6.54 Å². The Morgan fingerprint density at radius 2 is 1.75 bits per heavy atom. The Morgan fingerprint density at radius 3 is 2.62 bits per heavy atom. The minimum atomic E-state index is -0.138. The smallest absolute Gasteiger partial charge is 0.255 e. The van der Waals surface area contributed by atoms with E-state index >= 15 is 0 Å². The molecule has 3 aromatic rings. The zero-order valence-corrected chi connectivity index (χ0v) is 17.8. The second-order valence-electron chi connectivity index (χ2n) is 8.18. The van der Waals surface area contributed by atoms with E-state index in [9.17, 15) is 4.79 Å². The molecule has 8 nitrogen and oxygen atoms in total. The number of fused-ring (bicyclic) bond motifs is 5. The molecule has 0 atom stereocenters. The Kier molecular flexibility index (Phi) is 4.29. The quantitative estimate of drug-likeness (QED) is 0.661. The lowest BCUT2D eigenvalue weighted by Gasteiger charge is -2.20. The molecule has 1 N–H and O–H groups in total. The number of hydrogen-bond acceptors (Lipinski definition) is 7. The van der Waals surface area contributed by atoms with Gasteiger partial charge in [-0.05, 0) is 55.1 Å². The van der Waals surface area contributed by atoms with E-state index in [0.717, 1.165) is 34.0 Å². The molecule has 0 saturated heterocycles. The molecule has 6 rings (SSSR count). The van der Waals surface area contributed by atoms with Gasteiger partial charge in [0.15, 0.2) is 23.0 Å². The van der Waals surface area contributed by atoms with Gasteiger partial charge in [-0.1, -0.05) is 6.07 Å². The maximum absolute atomic E-state index is 12.9. The highest BCUT2D eigenvalue weighted by Gasteiger charge is 2.34. The molecule has 1 amide bonds. The van der Waals surface area contributed by atoms with Gasteiger partial charge in [0.05, 0.1) is 5.56 Å². The Hall–Kier alpha value is -3.65. The van der Waals surface area contributed by atoms with Crippen LogP contribution in [0.15, 0.2) is 30.3 Å². The fourth-order valence-corrected chi connectivity index (χ4v) is 4.48. The lowest BCUT2D eigenvalue weighted by molar-refractivity contribution is 0.0962. The third-order valence-corrected chi connectivity index (χ3v) is 5.96. The summed E-state index contributed by atoms with van der Waals surface area (Å²) < 4.78 is 28.9. The van der Waals surface area contributed by atoms with Crippen LogP contribution >= 0.6 is 0 Å². The topological polar surface area (TPSA) is 78.5 Å².